The van der Waals surface area contributed by atoms with Crippen molar-refractivity contribution in [3.8, 4) is 0 Å². The van der Waals surface area contributed by atoms with Crippen molar-refractivity contribution >= 4 is 11.8 Å². The van der Waals surface area contributed by atoms with Gasteiger partial charge in [-0.05, 0) is 24.5 Å². The molecule has 2 nitrogen and oxygen atoms in total. The Morgan fingerprint density at radius 3 is 3.00 bits per heavy atom. The van der Waals surface area contributed by atoms with E-state index in [4.69, 9.17) is 0 Å². The summed E-state index contributed by atoms with van der Waals surface area (Å²) >= 11 is 1.95. The van der Waals surface area contributed by atoms with Crippen LogP contribution >= 0.6 is 11.8 Å². The van der Waals surface area contributed by atoms with Crippen molar-refractivity contribution in [1.82, 2.24) is 5.32 Å². The van der Waals surface area contributed by atoms with Gasteiger partial charge < -0.3 is 10.4 Å². The molecule has 0 aromatic carbocycles. The molecule has 3 heteroatoms. The minimum absolute atomic E-state index is 0.422. The molecule has 1 aliphatic carbocycles. The predicted octanol–water partition coefficient (Wildman–Crippen LogP) is 2.27. The minimum atomic E-state index is -0.422. The van der Waals surface area contributed by atoms with Crippen molar-refractivity contribution in [2.45, 2.75) is 45.1 Å². The lowest BCUT2D eigenvalue weighted by Crippen LogP contribution is -2.44. The Morgan fingerprint density at radius 2 is 2.33 bits per heavy atom. The predicted molar refractivity (Wildman–Crippen MR) is 68.5 cm³/mol. The van der Waals surface area contributed by atoms with E-state index in [2.05, 4.69) is 19.2 Å². The van der Waals surface area contributed by atoms with Crippen LogP contribution in [-0.4, -0.2) is 35.3 Å². The summed E-state index contributed by atoms with van der Waals surface area (Å²) in [5.41, 5.74) is -0.422. The van der Waals surface area contributed by atoms with Crippen molar-refractivity contribution < 1.29 is 5.11 Å². The summed E-state index contributed by atoms with van der Waals surface area (Å²) in [6.45, 7) is 6.23. The molecule has 2 atom stereocenters. The number of rotatable bonds is 6. The van der Waals surface area contributed by atoms with E-state index in [1.165, 1.54) is 18.6 Å². The van der Waals surface area contributed by atoms with Gasteiger partial charge in [0.15, 0.2) is 0 Å². The maximum Gasteiger partial charge on any atom is 0.0774 e. The maximum absolute atomic E-state index is 10.3. The van der Waals surface area contributed by atoms with Crippen molar-refractivity contribution in [1.29, 1.82) is 0 Å². The largest absolute Gasteiger partial charge is 0.389 e. The zero-order valence-corrected chi connectivity index (χ0v) is 10.9. The van der Waals surface area contributed by atoms with Crippen LogP contribution < -0.4 is 5.32 Å². The van der Waals surface area contributed by atoms with E-state index >= 15 is 0 Å². The van der Waals surface area contributed by atoms with Crippen molar-refractivity contribution in [3.05, 3.63) is 0 Å². The Labute approximate surface area is 98.2 Å². The molecule has 2 unspecified atom stereocenters. The smallest absolute Gasteiger partial charge is 0.0774 e. The number of hydrogen-bond donors (Lipinski definition) is 2. The molecule has 0 aromatic heterocycles. The Morgan fingerprint density at radius 1 is 1.53 bits per heavy atom. The summed E-state index contributed by atoms with van der Waals surface area (Å²) in [7, 11) is 0. The van der Waals surface area contributed by atoms with E-state index in [1.807, 2.05) is 11.8 Å². The summed E-state index contributed by atoms with van der Waals surface area (Å²) in [5.74, 6) is 3.03. The molecule has 0 radical (unpaired) electrons. The molecule has 0 aliphatic heterocycles. The molecule has 1 aliphatic rings. The lowest BCUT2D eigenvalue weighted by Gasteiger charge is -2.35. The Balaban J connectivity index is 2.12. The standard InChI is InChI=1S/C12H25NOS/c1-3-15-8-7-13-10-12(14)6-4-5-11(2)9-12/h11,13-14H,3-10H2,1-2H3. The highest BCUT2D eigenvalue weighted by molar-refractivity contribution is 7.99. The van der Waals surface area contributed by atoms with E-state index < -0.39 is 5.60 Å². The van der Waals surface area contributed by atoms with Crippen LogP contribution in [0.5, 0.6) is 0 Å². The average molecular weight is 231 g/mol. The molecule has 2 N–H and O–H groups in total. The van der Waals surface area contributed by atoms with Gasteiger partial charge in [-0.3, -0.25) is 0 Å². The third kappa shape index (κ3) is 5.23. The zero-order valence-electron chi connectivity index (χ0n) is 10.1. The van der Waals surface area contributed by atoms with Crippen LogP contribution in [0.1, 0.15) is 39.5 Å². The van der Waals surface area contributed by atoms with Gasteiger partial charge >= 0.3 is 0 Å². The zero-order chi connectivity index (χ0) is 11.1. The molecule has 90 valence electrons. The van der Waals surface area contributed by atoms with E-state index in [0.717, 1.165) is 31.7 Å². The van der Waals surface area contributed by atoms with Crippen LogP contribution in [0.3, 0.4) is 0 Å². The first kappa shape index (κ1) is 13.3. The van der Waals surface area contributed by atoms with Crippen LogP contribution in [-0.2, 0) is 0 Å². The minimum Gasteiger partial charge on any atom is -0.389 e. The van der Waals surface area contributed by atoms with Gasteiger partial charge in [0.2, 0.25) is 0 Å². The monoisotopic (exact) mass is 231 g/mol. The summed E-state index contributed by atoms with van der Waals surface area (Å²) in [5, 5.41) is 13.7. The fourth-order valence-corrected chi connectivity index (χ4v) is 2.98. The summed E-state index contributed by atoms with van der Waals surface area (Å²) in [6, 6.07) is 0. The molecule has 0 heterocycles. The fraction of sp³-hybridized carbons (Fsp3) is 1.00. The van der Waals surface area contributed by atoms with Gasteiger partial charge in [0.05, 0.1) is 5.60 Å². The van der Waals surface area contributed by atoms with Gasteiger partial charge in [-0.2, -0.15) is 11.8 Å². The van der Waals surface area contributed by atoms with Crippen LogP contribution in [0.2, 0.25) is 0 Å². The van der Waals surface area contributed by atoms with Gasteiger partial charge in [0.25, 0.3) is 0 Å². The normalized spacial score (nSPS) is 31.8. The van der Waals surface area contributed by atoms with Gasteiger partial charge in [-0.15, -0.1) is 0 Å². The third-order valence-corrected chi connectivity index (χ3v) is 4.05. The molecule has 0 spiro atoms. The number of thioether (sulfide) groups is 1. The Hall–Kier alpha value is 0.270. The Kier molecular flexibility index (Phi) is 6.02. The van der Waals surface area contributed by atoms with Gasteiger partial charge in [-0.25, -0.2) is 0 Å². The van der Waals surface area contributed by atoms with Crippen LogP contribution in [0.15, 0.2) is 0 Å². The first-order valence-corrected chi connectivity index (χ1v) is 7.32. The first-order chi connectivity index (χ1) is 7.16. The van der Waals surface area contributed by atoms with Gasteiger partial charge in [0.1, 0.15) is 0 Å². The maximum atomic E-state index is 10.3. The van der Waals surface area contributed by atoms with Crippen LogP contribution in [0.25, 0.3) is 0 Å². The number of aliphatic hydroxyl groups is 1. The van der Waals surface area contributed by atoms with E-state index in [0.29, 0.717) is 5.92 Å². The summed E-state index contributed by atoms with van der Waals surface area (Å²) in [6.07, 6.45) is 4.42. The fourth-order valence-electron chi connectivity index (χ4n) is 2.40. The van der Waals surface area contributed by atoms with E-state index in [1.54, 1.807) is 0 Å². The molecule has 1 saturated carbocycles. The highest BCUT2D eigenvalue weighted by Gasteiger charge is 2.31. The van der Waals surface area contributed by atoms with Crippen LogP contribution in [0.4, 0.5) is 0 Å². The topological polar surface area (TPSA) is 32.3 Å². The van der Waals surface area contributed by atoms with Crippen molar-refractivity contribution in [2.24, 2.45) is 5.92 Å². The summed E-state index contributed by atoms with van der Waals surface area (Å²) in [4.78, 5) is 0. The molecule has 0 aromatic rings. The van der Waals surface area contributed by atoms with E-state index in [9.17, 15) is 5.11 Å². The average Bonchev–Trinajstić information content (AvgIpc) is 2.17. The van der Waals surface area contributed by atoms with Gasteiger partial charge in [0, 0.05) is 18.8 Å². The van der Waals surface area contributed by atoms with Gasteiger partial charge in [-0.1, -0.05) is 26.7 Å². The molecule has 0 bridgehead atoms. The molecule has 1 fully saturated rings. The van der Waals surface area contributed by atoms with Crippen LogP contribution in [0, 0.1) is 5.92 Å². The van der Waals surface area contributed by atoms with Crippen molar-refractivity contribution in [2.75, 3.05) is 24.6 Å². The lowest BCUT2D eigenvalue weighted by molar-refractivity contribution is -0.0112. The second kappa shape index (κ2) is 6.77. The summed E-state index contributed by atoms with van der Waals surface area (Å²) < 4.78 is 0. The molecular weight excluding hydrogens is 206 g/mol. The molecule has 1 rings (SSSR count). The second-order valence-electron chi connectivity index (χ2n) is 4.80. The highest BCUT2D eigenvalue weighted by Crippen LogP contribution is 2.31. The molecule has 15 heavy (non-hydrogen) atoms. The highest BCUT2D eigenvalue weighted by atomic mass is 32.2. The molecular formula is C12H25NOS. The lowest BCUT2D eigenvalue weighted by atomic mass is 9.79. The molecule has 0 saturated heterocycles. The number of nitrogens with one attached hydrogen (secondary N) is 1. The van der Waals surface area contributed by atoms with E-state index in [-0.39, 0.29) is 0 Å². The Bertz CT molecular complexity index is 177. The SMILES string of the molecule is CCSCCNCC1(O)CCCC(C)C1. The first-order valence-electron chi connectivity index (χ1n) is 6.17. The quantitative estimate of drug-likeness (QED) is 0.688. The molecule has 0 amide bonds. The third-order valence-electron chi connectivity index (χ3n) is 3.15. The number of hydrogen-bond acceptors (Lipinski definition) is 3. The van der Waals surface area contributed by atoms with Crippen molar-refractivity contribution in [3.63, 3.8) is 0 Å². The second-order valence-corrected chi connectivity index (χ2v) is 6.19.